The lowest BCUT2D eigenvalue weighted by Crippen LogP contribution is -2.25. The van der Waals surface area contributed by atoms with Gasteiger partial charge in [-0.2, -0.15) is 0 Å². The van der Waals surface area contributed by atoms with Gasteiger partial charge < -0.3 is 15.6 Å². The average Bonchev–Trinajstić information content (AvgIpc) is 2.09. The molecule has 0 unspecified atom stereocenters. The number of hydrogen-bond donors (Lipinski definition) is 2. The van der Waals surface area contributed by atoms with Gasteiger partial charge in [0.05, 0.1) is 11.8 Å². The minimum Gasteiger partial charge on any atom is -0.489 e. The molecule has 5 nitrogen and oxygen atoms in total. The number of rotatable bonds is 3. The molecule has 5 heteroatoms. The SMILES string of the molecule is Cc1nc(N)cc(OC2CCC2)c1C(=O)O. The fourth-order valence-corrected chi connectivity index (χ4v) is 1.69. The number of hydrogen-bond acceptors (Lipinski definition) is 4. The van der Waals surface area contributed by atoms with Crippen LogP contribution < -0.4 is 10.5 Å². The van der Waals surface area contributed by atoms with E-state index in [1.807, 2.05) is 0 Å². The first-order chi connectivity index (χ1) is 7.58. The van der Waals surface area contributed by atoms with Crippen molar-refractivity contribution in [3.63, 3.8) is 0 Å². The first kappa shape index (κ1) is 10.7. The lowest BCUT2D eigenvalue weighted by atomic mass is 9.96. The fourth-order valence-electron chi connectivity index (χ4n) is 1.69. The van der Waals surface area contributed by atoms with Gasteiger partial charge in [0.2, 0.25) is 0 Å². The van der Waals surface area contributed by atoms with Crippen LogP contribution >= 0.6 is 0 Å². The molecule has 0 atom stereocenters. The number of nitrogens with two attached hydrogens (primary N) is 1. The van der Waals surface area contributed by atoms with E-state index in [4.69, 9.17) is 15.6 Å². The molecule has 1 saturated carbocycles. The highest BCUT2D eigenvalue weighted by Crippen LogP contribution is 2.29. The molecular weight excluding hydrogens is 208 g/mol. The van der Waals surface area contributed by atoms with E-state index in [9.17, 15) is 4.79 Å². The summed E-state index contributed by atoms with van der Waals surface area (Å²) < 4.78 is 5.60. The van der Waals surface area contributed by atoms with Gasteiger partial charge in [-0.3, -0.25) is 0 Å². The molecule has 86 valence electrons. The first-order valence-corrected chi connectivity index (χ1v) is 5.25. The second kappa shape index (κ2) is 4.00. The summed E-state index contributed by atoms with van der Waals surface area (Å²) in [6.45, 7) is 1.62. The van der Waals surface area contributed by atoms with Crippen molar-refractivity contribution >= 4 is 11.8 Å². The zero-order valence-corrected chi connectivity index (χ0v) is 9.06. The summed E-state index contributed by atoms with van der Waals surface area (Å²) in [5, 5.41) is 9.08. The third-order valence-electron chi connectivity index (χ3n) is 2.74. The van der Waals surface area contributed by atoms with Crippen molar-refractivity contribution in [3.05, 3.63) is 17.3 Å². The van der Waals surface area contributed by atoms with E-state index in [-0.39, 0.29) is 17.5 Å². The maximum absolute atomic E-state index is 11.1. The number of carbonyl (C=O) groups is 1. The summed E-state index contributed by atoms with van der Waals surface area (Å²) in [5.41, 5.74) is 6.08. The fraction of sp³-hybridized carbons (Fsp3) is 0.455. The number of nitrogen functional groups attached to an aromatic ring is 1. The molecule has 0 radical (unpaired) electrons. The standard InChI is InChI=1S/C11H14N2O3/c1-6-10(11(14)15)8(5-9(12)13-6)16-7-3-2-4-7/h5,7H,2-4H2,1H3,(H2,12,13)(H,14,15). The van der Waals surface area contributed by atoms with Crippen molar-refractivity contribution in [2.45, 2.75) is 32.3 Å². The van der Waals surface area contributed by atoms with E-state index in [2.05, 4.69) is 4.98 Å². The van der Waals surface area contributed by atoms with Crippen molar-refractivity contribution in [1.29, 1.82) is 0 Å². The van der Waals surface area contributed by atoms with E-state index in [0.29, 0.717) is 11.4 Å². The number of anilines is 1. The van der Waals surface area contributed by atoms with E-state index < -0.39 is 5.97 Å². The van der Waals surface area contributed by atoms with Crippen LogP contribution in [0.15, 0.2) is 6.07 Å². The molecule has 16 heavy (non-hydrogen) atoms. The van der Waals surface area contributed by atoms with Gasteiger partial charge in [-0.25, -0.2) is 9.78 Å². The van der Waals surface area contributed by atoms with E-state index >= 15 is 0 Å². The summed E-state index contributed by atoms with van der Waals surface area (Å²) in [6.07, 6.45) is 3.20. The Morgan fingerprint density at radius 1 is 1.62 bits per heavy atom. The Hall–Kier alpha value is -1.78. The van der Waals surface area contributed by atoms with Gasteiger partial charge in [0.25, 0.3) is 0 Å². The molecule has 0 amide bonds. The predicted molar refractivity (Wildman–Crippen MR) is 58.6 cm³/mol. The molecule has 1 aromatic heterocycles. The van der Waals surface area contributed by atoms with E-state index in [0.717, 1.165) is 19.3 Å². The van der Waals surface area contributed by atoms with Crippen molar-refractivity contribution in [1.82, 2.24) is 4.98 Å². The smallest absolute Gasteiger partial charge is 0.341 e. The van der Waals surface area contributed by atoms with Gasteiger partial charge in [0, 0.05) is 6.07 Å². The number of nitrogens with zero attached hydrogens (tertiary/aromatic N) is 1. The van der Waals surface area contributed by atoms with Gasteiger partial charge in [0.15, 0.2) is 0 Å². The minimum absolute atomic E-state index is 0.112. The van der Waals surface area contributed by atoms with Gasteiger partial charge >= 0.3 is 5.97 Å². The Morgan fingerprint density at radius 2 is 2.31 bits per heavy atom. The predicted octanol–water partition coefficient (Wildman–Crippen LogP) is 1.60. The van der Waals surface area contributed by atoms with Crippen LogP contribution in [0.25, 0.3) is 0 Å². The minimum atomic E-state index is -1.03. The maximum atomic E-state index is 11.1. The van der Waals surface area contributed by atoms with Gasteiger partial charge in [-0.05, 0) is 26.2 Å². The molecule has 2 rings (SSSR count). The van der Waals surface area contributed by atoms with Crippen LogP contribution in [-0.4, -0.2) is 22.2 Å². The van der Waals surface area contributed by atoms with Crippen LogP contribution in [0, 0.1) is 6.92 Å². The number of pyridine rings is 1. The molecule has 1 aliphatic rings. The van der Waals surface area contributed by atoms with Crippen LogP contribution in [0.5, 0.6) is 5.75 Å². The Kier molecular flexibility index (Phi) is 2.68. The van der Waals surface area contributed by atoms with Crippen LogP contribution in [-0.2, 0) is 0 Å². The zero-order chi connectivity index (χ0) is 11.7. The van der Waals surface area contributed by atoms with Crippen molar-refractivity contribution in [3.8, 4) is 5.75 Å². The van der Waals surface area contributed by atoms with Crippen LogP contribution in [0.1, 0.15) is 35.3 Å². The zero-order valence-electron chi connectivity index (χ0n) is 9.06. The Bertz CT molecular complexity index is 427. The number of aromatic nitrogens is 1. The molecule has 1 fully saturated rings. The van der Waals surface area contributed by atoms with Crippen LogP contribution in [0.3, 0.4) is 0 Å². The van der Waals surface area contributed by atoms with Crippen LogP contribution in [0.2, 0.25) is 0 Å². The molecule has 0 spiro atoms. The molecule has 1 aliphatic carbocycles. The summed E-state index contributed by atoms with van der Waals surface area (Å²) in [7, 11) is 0. The largest absolute Gasteiger partial charge is 0.489 e. The lowest BCUT2D eigenvalue weighted by molar-refractivity contribution is 0.0678. The van der Waals surface area contributed by atoms with Gasteiger partial charge in [-0.15, -0.1) is 0 Å². The maximum Gasteiger partial charge on any atom is 0.341 e. The highest BCUT2D eigenvalue weighted by Gasteiger charge is 2.23. The van der Waals surface area contributed by atoms with E-state index in [1.165, 1.54) is 6.07 Å². The number of aromatic carboxylic acids is 1. The Balaban J connectivity index is 2.35. The second-order valence-corrected chi connectivity index (χ2v) is 3.98. The summed E-state index contributed by atoms with van der Waals surface area (Å²) in [6, 6.07) is 1.48. The normalized spacial score (nSPS) is 15.6. The number of aryl methyl sites for hydroxylation is 1. The van der Waals surface area contributed by atoms with Gasteiger partial charge in [0.1, 0.15) is 17.1 Å². The summed E-state index contributed by atoms with van der Waals surface area (Å²) in [4.78, 5) is 15.0. The molecule has 3 N–H and O–H groups in total. The average molecular weight is 222 g/mol. The molecule has 0 saturated heterocycles. The first-order valence-electron chi connectivity index (χ1n) is 5.25. The molecule has 1 aromatic rings. The number of ether oxygens (including phenoxy) is 1. The summed E-state index contributed by atoms with van der Waals surface area (Å²) >= 11 is 0. The topological polar surface area (TPSA) is 85.4 Å². The van der Waals surface area contributed by atoms with E-state index in [1.54, 1.807) is 6.92 Å². The molecular formula is C11H14N2O3. The van der Waals surface area contributed by atoms with Crippen molar-refractivity contribution < 1.29 is 14.6 Å². The highest BCUT2D eigenvalue weighted by atomic mass is 16.5. The molecule has 0 bridgehead atoms. The third kappa shape index (κ3) is 1.93. The molecule has 0 aliphatic heterocycles. The summed E-state index contributed by atoms with van der Waals surface area (Å²) in [5.74, 6) is -0.404. The molecule has 1 heterocycles. The highest BCUT2D eigenvalue weighted by molar-refractivity contribution is 5.92. The van der Waals surface area contributed by atoms with Crippen LogP contribution in [0.4, 0.5) is 5.82 Å². The Morgan fingerprint density at radius 3 is 2.81 bits per heavy atom. The third-order valence-corrected chi connectivity index (χ3v) is 2.74. The van der Waals surface area contributed by atoms with Crippen molar-refractivity contribution in [2.24, 2.45) is 0 Å². The lowest BCUT2D eigenvalue weighted by Gasteiger charge is -2.27. The van der Waals surface area contributed by atoms with Gasteiger partial charge in [-0.1, -0.05) is 0 Å². The Labute approximate surface area is 93.2 Å². The second-order valence-electron chi connectivity index (χ2n) is 3.98. The monoisotopic (exact) mass is 222 g/mol. The van der Waals surface area contributed by atoms with Crippen molar-refractivity contribution in [2.75, 3.05) is 5.73 Å². The molecule has 0 aromatic carbocycles. The quantitative estimate of drug-likeness (QED) is 0.811. The number of carboxylic acid groups (broad SMARTS) is 1. The number of carboxylic acids is 1.